The second kappa shape index (κ2) is 5.79. The molecule has 1 amide bonds. The molecular formula is C16H26N4O. The number of anilines is 1. The maximum atomic E-state index is 12.5. The summed E-state index contributed by atoms with van der Waals surface area (Å²) < 4.78 is 2.01. The van der Waals surface area contributed by atoms with Crippen LogP contribution in [0.25, 0.3) is 0 Å². The molecule has 5 nitrogen and oxygen atoms in total. The number of nitrogens with zero attached hydrogens (tertiary/aromatic N) is 2. The summed E-state index contributed by atoms with van der Waals surface area (Å²) in [4.78, 5) is 12.5. The van der Waals surface area contributed by atoms with Crippen molar-refractivity contribution in [1.29, 1.82) is 0 Å². The molecule has 3 rings (SSSR count). The predicted molar refractivity (Wildman–Crippen MR) is 83.1 cm³/mol. The smallest absolute Gasteiger partial charge is 0.228 e. The maximum absolute atomic E-state index is 12.5. The summed E-state index contributed by atoms with van der Waals surface area (Å²) in [5, 5.41) is 10.8. The van der Waals surface area contributed by atoms with Gasteiger partial charge in [0, 0.05) is 12.1 Å². The molecule has 1 saturated heterocycles. The Bertz CT molecular complexity index is 502. The number of nitrogens with one attached hydrogen (secondary N) is 2. The van der Waals surface area contributed by atoms with Crippen molar-refractivity contribution < 1.29 is 4.79 Å². The Labute approximate surface area is 126 Å². The van der Waals surface area contributed by atoms with E-state index in [0.29, 0.717) is 6.04 Å². The molecule has 2 heterocycles. The molecule has 0 bridgehead atoms. The number of amides is 1. The third-order valence-electron chi connectivity index (χ3n) is 5.13. The summed E-state index contributed by atoms with van der Waals surface area (Å²) in [5.41, 5.74) is 0.955. The van der Waals surface area contributed by atoms with Crippen LogP contribution < -0.4 is 10.6 Å². The van der Waals surface area contributed by atoms with E-state index in [1.165, 1.54) is 0 Å². The molecule has 21 heavy (non-hydrogen) atoms. The lowest BCUT2D eigenvalue weighted by atomic mass is 9.81. The first-order valence-electron chi connectivity index (χ1n) is 8.12. The Balaban J connectivity index is 1.63. The van der Waals surface area contributed by atoms with Crippen LogP contribution in [-0.2, 0) is 4.79 Å². The van der Waals surface area contributed by atoms with Crippen LogP contribution in [-0.4, -0.2) is 28.8 Å². The van der Waals surface area contributed by atoms with Crippen molar-refractivity contribution in [2.45, 2.75) is 52.0 Å². The van der Waals surface area contributed by atoms with Crippen LogP contribution in [0, 0.1) is 11.3 Å². The second-order valence-corrected chi connectivity index (χ2v) is 7.11. The molecule has 1 aromatic heterocycles. The van der Waals surface area contributed by atoms with Crippen LogP contribution in [0.2, 0.25) is 0 Å². The fourth-order valence-electron chi connectivity index (χ4n) is 3.72. The van der Waals surface area contributed by atoms with E-state index in [1.807, 2.05) is 10.9 Å². The molecule has 0 spiro atoms. The zero-order valence-corrected chi connectivity index (χ0v) is 13.1. The number of carbonyl (C=O) groups excluding carboxylic acids is 1. The minimum absolute atomic E-state index is 0.120. The van der Waals surface area contributed by atoms with E-state index in [4.69, 9.17) is 0 Å². The number of aromatic nitrogens is 2. The van der Waals surface area contributed by atoms with Gasteiger partial charge in [0.25, 0.3) is 0 Å². The predicted octanol–water partition coefficient (Wildman–Crippen LogP) is 2.57. The molecule has 1 saturated carbocycles. The highest BCUT2D eigenvalue weighted by atomic mass is 16.1. The van der Waals surface area contributed by atoms with Crippen molar-refractivity contribution in [3.63, 3.8) is 0 Å². The van der Waals surface area contributed by atoms with Crippen molar-refractivity contribution in [2.24, 2.45) is 11.3 Å². The van der Waals surface area contributed by atoms with E-state index >= 15 is 0 Å². The number of piperidine rings is 1. The highest BCUT2D eigenvalue weighted by Crippen LogP contribution is 2.43. The molecule has 2 N–H and O–H groups in total. The number of hydrogen-bond acceptors (Lipinski definition) is 3. The first-order valence-corrected chi connectivity index (χ1v) is 8.12. The van der Waals surface area contributed by atoms with Crippen LogP contribution >= 0.6 is 0 Å². The first-order chi connectivity index (χ1) is 10.1. The van der Waals surface area contributed by atoms with Gasteiger partial charge in [-0.25, -0.2) is 0 Å². The van der Waals surface area contributed by atoms with Crippen LogP contribution in [0.3, 0.4) is 0 Å². The fraction of sp³-hybridized carbons (Fsp3) is 0.750. The van der Waals surface area contributed by atoms with Gasteiger partial charge in [-0.1, -0.05) is 20.3 Å². The van der Waals surface area contributed by atoms with Gasteiger partial charge in [0.2, 0.25) is 5.91 Å². The first kappa shape index (κ1) is 14.6. The van der Waals surface area contributed by atoms with E-state index in [0.717, 1.165) is 50.9 Å². The lowest BCUT2D eigenvalue weighted by molar-refractivity contribution is -0.122. The Morgan fingerprint density at radius 1 is 1.38 bits per heavy atom. The van der Waals surface area contributed by atoms with Gasteiger partial charge in [-0.15, -0.1) is 0 Å². The van der Waals surface area contributed by atoms with Gasteiger partial charge >= 0.3 is 0 Å². The summed E-state index contributed by atoms with van der Waals surface area (Å²) in [7, 11) is 0. The van der Waals surface area contributed by atoms with E-state index in [2.05, 4.69) is 29.6 Å². The average Bonchev–Trinajstić information content (AvgIpc) is 3.06. The van der Waals surface area contributed by atoms with Gasteiger partial charge in [-0.3, -0.25) is 9.48 Å². The Morgan fingerprint density at radius 3 is 2.81 bits per heavy atom. The molecule has 0 aromatic carbocycles. The zero-order chi connectivity index (χ0) is 14.9. The van der Waals surface area contributed by atoms with Crippen molar-refractivity contribution in [1.82, 2.24) is 15.1 Å². The molecule has 1 unspecified atom stereocenters. The van der Waals surface area contributed by atoms with E-state index < -0.39 is 0 Å². The van der Waals surface area contributed by atoms with Gasteiger partial charge in [0.05, 0.1) is 17.9 Å². The highest BCUT2D eigenvalue weighted by molar-refractivity contribution is 5.93. The standard InChI is InChI=1S/C16H26N4O/c1-16(2)7-3-4-14(16)15(21)19-12-10-18-20(11-12)13-5-8-17-9-6-13/h10-11,13-14,17H,3-9H2,1-2H3,(H,19,21). The summed E-state index contributed by atoms with van der Waals surface area (Å²) in [5.74, 6) is 0.280. The SMILES string of the molecule is CC1(C)CCCC1C(=O)Nc1cnn(C2CCNCC2)c1. The monoisotopic (exact) mass is 290 g/mol. The second-order valence-electron chi connectivity index (χ2n) is 7.11. The third-order valence-corrected chi connectivity index (χ3v) is 5.13. The van der Waals surface area contributed by atoms with Gasteiger partial charge in [-0.05, 0) is 44.2 Å². The molecule has 2 fully saturated rings. The lowest BCUT2D eigenvalue weighted by Crippen LogP contribution is -2.31. The molecule has 1 aromatic rings. The summed E-state index contributed by atoms with van der Waals surface area (Å²) in [6.45, 7) is 6.48. The van der Waals surface area contributed by atoms with Gasteiger partial charge < -0.3 is 10.6 Å². The van der Waals surface area contributed by atoms with Crippen LogP contribution in [0.5, 0.6) is 0 Å². The molecule has 5 heteroatoms. The molecular weight excluding hydrogens is 264 g/mol. The molecule has 116 valence electrons. The molecule has 0 radical (unpaired) electrons. The van der Waals surface area contributed by atoms with Gasteiger partial charge in [-0.2, -0.15) is 5.10 Å². The quantitative estimate of drug-likeness (QED) is 0.899. The van der Waals surface area contributed by atoms with Crippen LogP contribution in [0.4, 0.5) is 5.69 Å². The maximum Gasteiger partial charge on any atom is 0.228 e. The number of rotatable bonds is 3. The fourth-order valence-corrected chi connectivity index (χ4v) is 3.72. The minimum Gasteiger partial charge on any atom is -0.323 e. The van der Waals surface area contributed by atoms with E-state index in [9.17, 15) is 4.79 Å². The van der Waals surface area contributed by atoms with Crippen molar-refractivity contribution >= 4 is 11.6 Å². The highest BCUT2D eigenvalue weighted by Gasteiger charge is 2.39. The normalized spacial score (nSPS) is 25.9. The van der Waals surface area contributed by atoms with E-state index in [-0.39, 0.29) is 17.2 Å². The van der Waals surface area contributed by atoms with Crippen molar-refractivity contribution in [3.05, 3.63) is 12.4 Å². The topological polar surface area (TPSA) is 59.0 Å². The third kappa shape index (κ3) is 3.12. The Hall–Kier alpha value is -1.36. The molecule has 1 aliphatic heterocycles. The summed E-state index contributed by atoms with van der Waals surface area (Å²) in [6, 6.07) is 0.458. The Kier molecular flexibility index (Phi) is 4.02. The largest absolute Gasteiger partial charge is 0.323 e. The zero-order valence-electron chi connectivity index (χ0n) is 13.1. The lowest BCUT2D eigenvalue weighted by Gasteiger charge is -2.25. The Morgan fingerprint density at radius 2 is 2.14 bits per heavy atom. The van der Waals surface area contributed by atoms with Crippen molar-refractivity contribution in [2.75, 3.05) is 18.4 Å². The minimum atomic E-state index is 0.120. The van der Waals surface area contributed by atoms with Crippen LogP contribution in [0.15, 0.2) is 12.4 Å². The number of carbonyl (C=O) groups is 1. The summed E-state index contributed by atoms with van der Waals surface area (Å²) >= 11 is 0. The van der Waals surface area contributed by atoms with Crippen LogP contribution in [0.1, 0.15) is 52.0 Å². The molecule has 2 aliphatic rings. The van der Waals surface area contributed by atoms with Crippen molar-refractivity contribution in [3.8, 4) is 0 Å². The van der Waals surface area contributed by atoms with Gasteiger partial charge in [0.1, 0.15) is 0 Å². The molecule has 1 atom stereocenters. The molecule has 1 aliphatic carbocycles. The average molecular weight is 290 g/mol. The number of hydrogen-bond donors (Lipinski definition) is 2. The summed E-state index contributed by atoms with van der Waals surface area (Å²) in [6.07, 6.45) is 9.26. The van der Waals surface area contributed by atoms with E-state index in [1.54, 1.807) is 6.20 Å². The van der Waals surface area contributed by atoms with Gasteiger partial charge in [0.15, 0.2) is 0 Å².